The highest BCUT2D eigenvalue weighted by Gasteiger charge is 2.12. The van der Waals surface area contributed by atoms with Crippen molar-refractivity contribution >= 4 is 17.2 Å². The Morgan fingerprint density at radius 2 is 2.16 bits per heavy atom. The minimum atomic E-state index is -0.173. The van der Waals surface area contributed by atoms with Crippen molar-refractivity contribution in [3.05, 3.63) is 50.8 Å². The Kier molecular flexibility index (Phi) is 4.11. The number of pyridine rings is 1. The molecule has 0 fully saturated rings. The van der Waals surface area contributed by atoms with Crippen LogP contribution in [0.5, 0.6) is 0 Å². The molecule has 2 aromatic rings. The summed E-state index contributed by atoms with van der Waals surface area (Å²) in [7, 11) is 0. The van der Waals surface area contributed by atoms with E-state index in [1.54, 1.807) is 17.8 Å². The summed E-state index contributed by atoms with van der Waals surface area (Å²) in [4.78, 5) is 27.3. The first-order valence-corrected chi connectivity index (χ1v) is 6.80. The van der Waals surface area contributed by atoms with Crippen molar-refractivity contribution in [2.75, 3.05) is 0 Å². The quantitative estimate of drug-likeness (QED) is 0.921. The lowest BCUT2D eigenvalue weighted by molar-refractivity contribution is -0.122. The fourth-order valence-corrected chi connectivity index (χ4v) is 2.50. The molecule has 5 nitrogen and oxygen atoms in total. The number of carbonyl (C=O) groups is 1. The third-order valence-electron chi connectivity index (χ3n) is 2.86. The van der Waals surface area contributed by atoms with Crippen LogP contribution in [-0.4, -0.2) is 15.5 Å². The zero-order chi connectivity index (χ0) is 13.8. The van der Waals surface area contributed by atoms with Gasteiger partial charge >= 0.3 is 4.87 Å². The van der Waals surface area contributed by atoms with Crippen LogP contribution in [0.1, 0.15) is 24.2 Å². The van der Waals surface area contributed by atoms with E-state index < -0.39 is 0 Å². The van der Waals surface area contributed by atoms with Crippen LogP contribution in [0.4, 0.5) is 0 Å². The lowest BCUT2D eigenvalue weighted by Crippen LogP contribution is -2.32. The number of aryl methyl sites for hydroxylation is 1. The number of rotatable bonds is 4. The fourth-order valence-electron chi connectivity index (χ4n) is 1.76. The van der Waals surface area contributed by atoms with Gasteiger partial charge in [-0.3, -0.25) is 19.1 Å². The number of carbonyl (C=O) groups excluding carboxylic acids is 1. The van der Waals surface area contributed by atoms with Gasteiger partial charge in [0, 0.05) is 23.5 Å². The first-order valence-electron chi connectivity index (χ1n) is 5.92. The number of nitrogens with zero attached hydrogens (tertiary/aromatic N) is 2. The standard InChI is InChI=1S/C13H15N3O2S/c1-9-8-19-13(18)16(9)7-12(17)15-10(2)11-3-5-14-6-4-11/h3-6,8,10H,7H2,1-2H3,(H,15,17)/t10-/m0/s1. The van der Waals surface area contributed by atoms with E-state index in [4.69, 9.17) is 0 Å². The molecule has 2 rings (SSSR count). The first-order chi connectivity index (χ1) is 9.08. The van der Waals surface area contributed by atoms with Crippen molar-refractivity contribution < 1.29 is 4.79 Å². The van der Waals surface area contributed by atoms with Gasteiger partial charge in [-0.1, -0.05) is 11.3 Å². The molecule has 0 aliphatic carbocycles. The summed E-state index contributed by atoms with van der Waals surface area (Å²) >= 11 is 1.11. The van der Waals surface area contributed by atoms with E-state index in [1.165, 1.54) is 4.57 Å². The van der Waals surface area contributed by atoms with Crippen LogP contribution >= 0.6 is 11.3 Å². The van der Waals surface area contributed by atoms with E-state index in [2.05, 4.69) is 10.3 Å². The molecule has 19 heavy (non-hydrogen) atoms. The Labute approximate surface area is 114 Å². The van der Waals surface area contributed by atoms with Gasteiger partial charge in [0.2, 0.25) is 5.91 Å². The maximum atomic E-state index is 11.9. The van der Waals surface area contributed by atoms with Gasteiger partial charge < -0.3 is 5.32 Å². The molecule has 1 amide bonds. The number of aromatic nitrogens is 2. The van der Waals surface area contributed by atoms with Crippen LogP contribution < -0.4 is 10.2 Å². The second kappa shape index (κ2) is 5.79. The van der Waals surface area contributed by atoms with Gasteiger partial charge in [0.25, 0.3) is 0 Å². The Bertz CT molecular complexity index is 618. The fraction of sp³-hybridized carbons (Fsp3) is 0.308. The highest BCUT2D eigenvalue weighted by Crippen LogP contribution is 2.10. The predicted octanol–water partition coefficient (Wildman–Crippen LogP) is 1.49. The zero-order valence-electron chi connectivity index (χ0n) is 10.8. The molecule has 0 spiro atoms. The van der Waals surface area contributed by atoms with Crippen molar-refractivity contribution in [3.8, 4) is 0 Å². The summed E-state index contributed by atoms with van der Waals surface area (Å²) < 4.78 is 1.47. The van der Waals surface area contributed by atoms with E-state index in [-0.39, 0.29) is 23.4 Å². The molecule has 6 heteroatoms. The molecule has 1 N–H and O–H groups in total. The minimum absolute atomic E-state index is 0.0591. The van der Waals surface area contributed by atoms with E-state index in [0.717, 1.165) is 22.6 Å². The summed E-state index contributed by atoms with van der Waals surface area (Å²) in [5.41, 5.74) is 1.79. The summed E-state index contributed by atoms with van der Waals surface area (Å²) in [6.45, 7) is 3.78. The number of hydrogen-bond acceptors (Lipinski definition) is 4. The molecule has 2 aromatic heterocycles. The van der Waals surface area contributed by atoms with Gasteiger partial charge in [-0.25, -0.2) is 0 Å². The summed E-state index contributed by atoms with van der Waals surface area (Å²) in [5.74, 6) is -0.173. The monoisotopic (exact) mass is 277 g/mol. The topological polar surface area (TPSA) is 64.0 Å². The molecule has 0 bridgehead atoms. The SMILES string of the molecule is Cc1csc(=O)n1CC(=O)N[C@@H](C)c1ccncc1. The average molecular weight is 277 g/mol. The first kappa shape index (κ1) is 13.5. The molecule has 0 saturated carbocycles. The predicted molar refractivity (Wildman–Crippen MR) is 74.1 cm³/mol. The van der Waals surface area contributed by atoms with Crippen molar-refractivity contribution in [3.63, 3.8) is 0 Å². The molecule has 0 aliphatic heterocycles. The number of nitrogens with one attached hydrogen (secondary N) is 1. The molecule has 0 aromatic carbocycles. The van der Waals surface area contributed by atoms with Crippen LogP contribution in [0.15, 0.2) is 34.7 Å². The normalized spacial score (nSPS) is 12.1. The highest BCUT2D eigenvalue weighted by molar-refractivity contribution is 7.07. The average Bonchev–Trinajstić information content (AvgIpc) is 2.71. The van der Waals surface area contributed by atoms with Crippen LogP contribution in [0.3, 0.4) is 0 Å². The van der Waals surface area contributed by atoms with Crippen molar-refractivity contribution in [1.82, 2.24) is 14.9 Å². The van der Waals surface area contributed by atoms with Crippen molar-refractivity contribution in [2.45, 2.75) is 26.4 Å². The molecule has 2 heterocycles. The van der Waals surface area contributed by atoms with Crippen molar-refractivity contribution in [1.29, 1.82) is 0 Å². The molecule has 0 radical (unpaired) electrons. The maximum Gasteiger partial charge on any atom is 0.307 e. The van der Waals surface area contributed by atoms with Crippen LogP contribution in [0.2, 0.25) is 0 Å². The van der Waals surface area contributed by atoms with Crippen LogP contribution in [-0.2, 0) is 11.3 Å². The van der Waals surface area contributed by atoms with Gasteiger partial charge in [0.1, 0.15) is 6.54 Å². The smallest absolute Gasteiger partial charge is 0.307 e. The zero-order valence-corrected chi connectivity index (χ0v) is 11.6. The summed E-state index contributed by atoms with van der Waals surface area (Å²) in [6.07, 6.45) is 3.37. The van der Waals surface area contributed by atoms with Crippen LogP contribution in [0.25, 0.3) is 0 Å². The number of thiazole rings is 1. The van der Waals surface area contributed by atoms with E-state index in [1.807, 2.05) is 26.0 Å². The Morgan fingerprint density at radius 3 is 2.74 bits per heavy atom. The van der Waals surface area contributed by atoms with Gasteiger partial charge in [-0.2, -0.15) is 0 Å². The number of hydrogen-bond donors (Lipinski definition) is 1. The van der Waals surface area contributed by atoms with Crippen molar-refractivity contribution in [2.24, 2.45) is 0 Å². The van der Waals surface area contributed by atoms with E-state index in [0.29, 0.717) is 0 Å². The van der Waals surface area contributed by atoms with Crippen LogP contribution in [0, 0.1) is 6.92 Å². The molecule has 0 aliphatic rings. The Balaban J connectivity index is 2.01. The van der Waals surface area contributed by atoms with Gasteiger partial charge in [0.15, 0.2) is 0 Å². The largest absolute Gasteiger partial charge is 0.348 e. The molecule has 1 atom stereocenters. The van der Waals surface area contributed by atoms with Gasteiger partial charge in [-0.05, 0) is 31.5 Å². The molecular formula is C13H15N3O2S. The third-order valence-corrected chi connectivity index (χ3v) is 3.74. The third kappa shape index (κ3) is 3.29. The van der Waals surface area contributed by atoms with Gasteiger partial charge in [0.05, 0.1) is 6.04 Å². The Hall–Kier alpha value is -1.95. The molecule has 100 valence electrons. The second-order valence-electron chi connectivity index (χ2n) is 4.30. The van der Waals surface area contributed by atoms with E-state index >= 15 is 0 Å². The van der Waals surface area contributed by atoms with E-state index in [9.17, 15) is 9.59 Å². The lowest BCUT2D eigenvalue weighted by Gasteiger charge is -2.14. The minimum Gasteiger partial charge on any atom is -0.348 e. The molecule has 0 unspecified atom stereocenters. The Morgan fingerprint density at radius 1 is 1.47 bits per heavy atom. The highest BCUT2D eigenvalue weighted by atomic mass is 32.1. The molecular weight excluding hydrogens is 262 g/mol. The number of amides is 1. The summed E-state index contributed by atoms with van der Waals surface area (Å²) in [5, 5.41) is 4.62. The maximum absolute atomic E-state index is 11.9. The van der Waals surface area contributed by atoms with Gasteiger partial charge in [-0.15, -0.1) is 0 Å². The summed E-state index contributed by atoms with van der Waals surface area (Å²) in [6, 6.07) is 3.60. The lowest BCUT2D eigenvalue weighted by atomic mass is 10.1. The second-order valence-corrected chi connectivity index (χ2v) is 5.12. The molecule has 0 saturated heterocycles.